The third-order valence-electron chi connectivity index (χ3n) is 3.40. The van der Waals surface area contributed by atoms with E-state index in [1.54, 1.807) is 0 Å². The Morgan fingerprint density at radius 3 is 2.93 bits per heavy atom. The molecule has 0 bridgehead atoms. The molecule has 0 radical (unpaired) electrons. The maximum atomic E-state index is 11.7. The van der Waals surface area contributed by atoms with Crippen molar-refractivity contribution < 1.29 is 14.3 Å². The lowest BCUT2D eigenvalue weighted by Crippen LogP contribution is -2.40. The van der Waals surface area contributed by atoms with Crippen molar-refractivity contribution in [1.29, 1.82) is 0 Å². The summed E-state index contributed by atoms with van der Waals surface area (Å²) in [7, 11) is 0. The van der Waals surface area contributed by atoms with Crippen LogP contribution < -0.4 is 5.32 Å². The highest BCUT2D eigenvalue weighted by atomic mass is 16.5. The minimum Gasteiger partial charge on any atom is -0.378 e. The number of imide groups is 1. The summed E-state index contributed by atoms with van der Waals surface area (Å²) in [5.74, 6) is -0.214. The lowest BCUT2D eigenvalue weighted by molar-refractivity contribution is -0.136. The molecule has 2 aliphatic rings. The third-order valence-corrected chi connectivity index (χ3v) is 3.40. The molecule has 15 heavy (non-hydrogen) atoms. The molecule has 4 nitrogen and oxygen atoms in total. The molecule has 2 saturated heterocycles. The molecule has 0 aromatic rings. The van der Waals surface area contributed by atoms with Crippen LogP contribution in [0.2, 0.25) is 0 Å². The molecule has 2 atom stereocenters. The number of ether oxygens (including phenoxy) is 1. The van der Waals surface area contributed by atoms with E-state index in [1.807, 2.05) is 0 Å². The second-order valence-electron chi connectivity index (χ2n) is 4.57. The van der Waals surface area contributed by atoms with Crippen molar-refractivity contribution in [2.24, 2.45) is 5.41 Å². The second-order valence-corrected chi connectivity index (χ2v) is 4.57. The van der Waals surface area contributed by atoms with E-state index in [2.05, 4.69) is 12.2 Å². The maximum absolute atomic E-state index is 11.7. The zero-order valence-electron chi connectivity index (χ0n) is 9.04. The number of hydrogen-bond acceptors (Lipinski definition) is 3. The van der Waals surface area contributed by atoms with Gasteiger partial charge in [-0.15, -0.1) is 0 Å². The molecule has 2 amide bonds. The predicted molar refractivity (Wildman–Crippen MR) is 54.1 cm³/mol. The van der Waals surface area contributed by atoms with Crippen molar-refractivity contribution in [3.8, 4) is 0 Å². The van der Waals surface area contributed by atoms with Crippen LogP contribution in [-0.4, -0.2) is 24.5 Å². The van der Waals surface area contributed by atoms with Crippen LogP contribution in [0, 0.1) is 5.41 Å². The fraction of sp³-hybridized carbons (Fsp3) is 0.818. The van der Waals surface area contributed by atoms with Crippen LogP contribution in [0.1, 0.15) is 39.0 Å². The number of carbonyl (C=O) groups is 2. The fourth-order valence-electron chi connectivity index (χ4n) is 2.58. The van der Waals surface area contributed by atoms with Crippen molar-refractivity contribution in [2.75, 3.05) is 6.61 Å². The van der Waals surface area contributed by atoms with Gasteiger partial charge in [-0.25, -0.2) is 0 Å². The second kappa shape index (κ2) is 3.93. The summed E-state index contributed by atoms with van der Waals surface area (Å²) in [4.78, 5) is 22.9. The Kier molecular flexibility index (Phi) is 2.78. The predicted octanol–water partition coefficient (Wildman–Crippen LogP) is 0.998. The molecule has 1 spiro atoms. The molecule has 0 saturated carbocycles. The lowest BCUT2D eigenvalue weighted by atomic mass is 9.76. The molecule has 0 aromatic heterocycles. The Hall–Kier alpha value is -0.900. The van der Waals surface area contributed by atoms with E-state index in [0.29, 0.717) is 25.9 Å². The zero-order valence-corrected chi connectivity index (χ0v) is 9.04. The highest BCUT2D eigenvalue weighted by molar-refractivity contribution is 6.05. The number of nitrogens with one attached hydrogen (secondary N) is 1. The van der Waals surface area contributed by atoms with Crippen LogP contribution in [-0.2, 0) is 14.3 Å². The summed E-state index contributed by atoms with van der Waals surface area (Å²) in [6.45, 7) is 2.70. The zero-order chi connectivity index (χ0) is 10.9. The highest BCUT2D eigenvalue weighted by Crippen LogP contribution is 2.40. The van der Waals surface area contributed by atoms with E-state index in [1.165, 1.54) is 0 Å². The van der Waals surface area contributed by atoms with E-state index in [9.17, 15) is 9.59 Å². The first-order valence-corrected chi connectivity index (χ1v) is 5.62. The van der Waals surface area contributed by atoms with Gasteiger partial charge in [0.05, 0.1) is 11.5 Å². The molecular weight excluding hydrogens is 194 g/mol. The summed E-state index contributed by atoms with van der Waals surface area (Å²) >= 11 is 0. The Bertz CT molecular complexity index is 288. The Balaban J connectivity index is 2.08. The van der Waals surface area contributed by atoms with E-state index in [4.69, 9.17) is 4.74 Å². The van der Waals surface area contributed by atoms with E-state index >= 15 is 0 Å². The number of carbonyl (C=O) groups excluding carboxylic acids is 2. The van der Waals surface area contributed by atoms with Crippen LogP contribution in [0.5, 0.6) is 0 Å². The van der Waals surface area contributed by atoms with Gasteiger partial charge < -0.3 is 4.74 Å². The average molecular weight is 211 g/mol. The quantitative estimate of drug-likeness (QED) is 0.693. The van der Waals surface area contributed by atoms with Gasteiger partial charge in [0.25, 0.3) is 0 Å². The minimum absolute atomic E-state index is 0.0862. The SMILES string of the molecule is CCCC1CC2(CCO1)CC(=O)NC2=O. The van der Waals surface area contributed by atoms with Gasteiger partial charge in [-0.3, -0.25) is 14.9 Å². The molecule has 0 aromatic carbocycles. The average Bonchev–Trinajstić information content (AvgIpc) is 2.42. The first kappa shape index (κ1) is 10.6. The number of hydrogen-bond donors (Lipinski definition) is 1. The molecule has 2 unspecified atom stereocenters. The standard InChI is InChI=1S/C11H17NO3/c1-2-3-8-6-11(4-5-15-8)7-9(13)12-10(11)14/h8H,2-7H2,1H3,(H,12,13,14). The van der Waals surface area contributed by atoms with Gasteiger partial charge in [0.1, 0.15) is 0 Å². The smallest absolute Gasteiger partial charge is 0.233 e. The lowest BCUT2D eigenvalue weighted by Gasteiger charge is -2.35. The van der Waals surface area contributed by atoms with Crippen LogP contribution in [0.25, 0.3) is 0 Å². The molecule has 84 valence electrons. The van der Waals surface area contributed by atoms with E-state index in [0.717, 1.165) is 12.8 Å². The van der Waals surface area contributed by atoms with Crippen molar-refractivity contribution in [2.45, 2.75) is 45.1 Å². The van der Waals surface area contributed by atoms with Crippen molar-refractivity contribution in [1.82, 2.24) is 5.32 Å². The third kappa shape index (κ3) is 1.91. The summed E-state index contributed by atoms with van der Waals surface area (Å²) in [6.07, 6.45) is 3.93. The summed E-state index contributed by atoms with van der Waals surface area (Å²) in [5, 5.41) is 2.41. The summed E-state index contributed by atoms with van der Waals surface area (Å²) in [6, 6.07) is 0. The van der Waals surface area contributed by atoms with Crippen LogP contribution >= 0.6 is 0 Å². The van der Waals surface area contributed by atoms with Crippen LogP contribution in [0.4, 0.5) is 0 Å². The van der Waals surface area contributed by atoms with Gasteiger partial charge in [-0.1, -0.05) is 13.3 Å². The van der Waals surface area contributed by atoms with Gasteiger partial charge in [-0.05, 0) is 19.3 Å². The molecule has 2 heterocycles. The Morgan fingerprint density at radius 2 is 2.33 bits per heavy atom. The minimum atomic E-state index is -0.449. The molecule has 4 heteroatoms. The largest absolute Gasteiger partial charge is 0.378 e. The van der Waals surface area contributed by atoms with E-state index in [-0.39, 0.29) is 17.9 Å². The van der Waals surface area contributed by atoms with Gasteiger partial charge in [0.15, 0.2) is 0 Å². The number of amides is 2. The monoisotopic (exact) mass is 211 g/mol. The van der Waals surface area contributed by atoms with Crippen LogP contribution in [0.3, 0.4) is 0 Å². The van der Waals surface area contributed by atoms with Crippen LogP contribution in [0.15, 0.2) is 0 Å². The van der Waals surface area contributed by atoms with Crippen molar-refractivity contribution >= 4 is 11.8 Å². The molecule has 2 rings (SSSR count). The normalized spacial score (nSPS) is 35.9. The fourth-order valence-corrected chi connectivity index (χ4v) is 2.58. The van der Waals surface area contributed by atoms with Gasteiger partial charge in [-0.2, -0.15) is 0 Å². The molecule has 2 aliphatic heterocycles. The Labute approximate surface area is 89.4 Å². The van der Waals surface area contributed by atoms with Gasteiger partial charge in [0, 0.05) is 13.0 Å². The molecule has 1 N–H and O–H groups in total. The highest BCUT2D eigenvalue weighted by Gasteiger charge is 2.49. The summed E-state index contributed by atoms with van der Waals surface area (Å²) in [5.41, 5.74) is -0.449. The van der Waals surface area contributed by atoms with Crippen molar-refractivity contribution in [3.63, 3.8) is 0 Å². The first-order chi connectivity index (χ1) is 7.16. The Morgan fingerprint density at radius 1 is 1.53 bits per heavy atom. The van der Waals surface area contributed by atoms with Gasteiger partial charge in [0.2, 0.25) is 11.8 Å². The molecular formula is C11H17NO3. The molecule has 0 aliphatic carbocycles. The van der Waals surface area contributed by atoms with Crippen molar-refractivity contribution in [3.05, 3.63) is 0 Å². The van der Waals surface area contributed by atoms with E-state index < -0.39 is 5.41 Å². The summed E-state index contributed by atoms with van der Waals surface area (Å²) < 4.78 is 5.60. The number of rotatable bonds is 2. The molecule has 2 fully saturated rings. The maximum Gasteiger partial charge on any atom is 0.233 e. The first-order valence-electron chi connectivity index (χ1n) is 5.62. The van der Waals surface area contributed by atoms with Gasteiger partial charge >= 0.3 is 0 Å². The topological polar surface area (TPSA) is 55.4 Å².